The molecule has 0 saturated heterocycles. The van der Waals surface area contributed by atoms with Crippen LogP contribution >= 0.6 is 0 Å². The van der Waals surface area contributed by atoms with E-state index >= 15 is 0 Å². The van der Waals surface area contributed by atoms with Crippen LogP contribution in [0.2, 0.25) is 0 Å². The lowest BCUT2D eigenvalue weighted by Gasteiger charge is -1.99. The molecule has 11 heavy (non-hydrogen) atoms. The molecule has 0 aromatic heterocycles. The van der Waals surface area contributed by atoms with E-state index in [-0.39, 0.29) is 0 Å². The normalized spacial score (nSPS) is 9.09. The molecule has 0 aliphatic carbocycles. The van der Waals surface area contributed by atoms with Crippen LogP contribution in [0.5, 0.6) is 0 Å². The third-order valence-electron chi connectivity index (χ3n) is 1.41. The summed E-state index contributed by atoms with van der Waals surface area (Å²) < 4.78 is 0. The number of rotatable bonds is 2. The molecule has 1 nitrogen and oxygen atoms in total. The summed E-state index contributed by atoms with van der Waals surface area (Å²) in [6.45, 7) is 3.55. The number of hydrogen-bond acceptors (Lipinski definition) is 1. The van der Waals surface area contributed by atoms with Gasteiger partial charge in [0.15, 0.2) is 0 Å². The molecule has 0 fully saturated rings. The zero-order valence-corrected chi connectivity index (χ0v) is 6.12. The molecule has 0 aliphatic rings. The van der Waals surface area contributed by atoms with Gasteiger partial charge < -0.3 is 0 Å². The Balaban J connectivity index is 2.93. The van der Waals surface area contributed by atoms with E-state index in [2.05, 4.69) is 12.6 Å². The van der Waals surface area contributed by atoms with Gasteiger partial charge in [-0.25, -0.2) is 0 Å². The molecule has 1 aromatic rings. The van der Waals surface area contributed by atoms with Gasteiger partial charge in [0.2, 0.25) is 0 Å². The fraction of sp³-hybridized carbons (Fsp3) is 0. The average molecular weight is 142 g/mol. The summed E-state index contributed by atoms with van der Waals surface area (Å²) in [7, 11) is 0. The molecule has 0 amide bonds. The Kier molecular flexibility index (Phi) is 2.46. The van der Waals surface area contributed by atoms with E-state index in [0.717, 1.165) is 5.56 Å². The van der Waals surface area contributed by atoms with Gasteiger partial charge >= 0.3 is 0 Å². The highest BCUT2D eigenvalue weighted by Crippen LogP contribution is 2.13. The first-order valence-electron chi connectivity index (χ1n) is 3.33. The van der Waals surface area contributed by atoms with Gasteiger partial charge in [0.25, 0.3) is 0 Å². The van der Waals surface area contributed by atoms with Crippen molar-refractivity contribution < 1.29 is 0 Å². The van der Waals surface area contributed by atoms with Crippen LogP contribution in [-0.2, 0) is 0 Å². The lowest BCUT2D eigenvalue weighted by Crippen LogP contribution is -1.89. The number of nitriles is 1. The van der Waals surface area contributed by atoms with Gasteiger partial charge in [-0.15, -0.1) is 6.58 Å². The highest BCUT2D eigenvalue weighted by atomic mass is 14.3. The van der Waals surface area contributed by atoms with Crippen molar-refractivity contribution in [3.05, 3.63) is 54.5 Å². The van der Waals surface area contributed by atoms with E-state index in [0.29, 0.717) is 5.92 Å². The van der Waals surface area contributed by atoms with Crippen LogP contribution in [0.3, 0.4) is 0 Å². The second kappa shape index (κ2) is 3.58. The summed E-state index contributed by atoms with van der Waals surface area (Å²) in [5, 5.41) is 8.62. The first kappa shape index (κ1) is 7.56. The van der Waals surface area contributed by atoms with Crippen LogP contribution in [0.4, 0.5) is 0 Å². The molecule has 0 spiro atoms. The second-order valence-corrected chi connectivity index (χ2v) is 2.10. The van der Waals surface area contributed by atoms with Crippen molar-refractivity contribution in [3.63, 3.8) is 0 Å². The van der Waals surface area contributed by atoms with Crippen LogP contribution < -0.4 is 0 Å². The third kappa shape index (κ3) is 1.68. The minimum atomic E-state index is 0.616. The van der Waals surface area contributed by atoms with Crippen molar-refractivity contribution >= 4 is 0 Å². The predicted octanol–water partition coefficient (Wildman–Crippen LogP) is 2.32. The monoisotopic (exact) mass is 142 g/mol. The Morgan fingerprint density at radius 2 is 2.00 bits per heavy atom. The SMILES string of the molecule is C=C[C](C#N)c1ccccc1. The molecular formula is C10H8N. The van der Waals surface area contributed by atoms with Gasteiger partial charge in [0.05, 0.1) is 6.07 Å². The summed E-state index contributed by atoms with van der Waals surface area (Å²) in [5.74, 6) is 0.616. The van der Waals surface area contributed by atoms with Crippen LogP contribution in [0.1, 0.15) is 5.56 Å². The van der Waals surface area contributed by atoms with Gasteiger partial charge in [-0.2, -0.15) is 5.26 Å². The maximum Gasteiger partial charge on any atom is 0.126 e. The highest BCUT2D eigenvalue weighted by Gasteiger charge is 2.03. The summed E-state index contributed by atoms with van der Waals surface area (Å²) in [4.78, 5) is 0. The van der Waals surface area contributed by atoms with Crippen molar-refractivity contribution in [1.29, 1.82) is 5.26 Å². The molecule has 0 atom stereocenters. The van der Waals surface area contributed by atoms with Crippen molar-refractivity contribution in [3.8, 4) is 6.07 Å². The third-order valence-corrected chi connectivity index (χ3v) is 1.41. The lowest BCUT2D eigenvalue weighted by atomic mass is 10.0. The number of hydrogen-bond donors (Lipinski definition) is 0. The van der Waals surface area contributed by atoms with E-state index in [1.807, 2.05) is 30.3 Å². The van der Waals surface area contributed by atoms with Crippen LogP contribution in [0.15, 0.2) is 43.0 Å². The first-order chi connectivity index (χ1) is 5.38. The predicted molar refractivity (Wildman–Crippen MR) is 44.6 cm³/mol. The fourth-order valence-corrected chi connectivity index (χ4v) is 0.846. The van der Waals surface area contributed by atoms with Gasteiger partial charge in [-0.3, -0.25) is 0 Å². The van der Waals surface area contributed by atoms with E-state index in [4.69, 9.17) is 5.26 Å². The number of nitrogens with zero attached hydrogens (tertiary/aromatic N) is 1. The minimum absolute atomic E-state index is 0.616. The quantitative estimate of drug-likeness (QED) is 0.621. The number of allylic oxidation sites excluding steroid dienone is 1. The molecule has 0 unspecified atom stereocenters. The smallest absolute Gasteiger partial charge is 0.126 e. The van der Waals surface area contributed by atoms with Crippen LogP contribution in [0, 0.1) is 17.2 Å². The molecular weight excluding hydrogens is 134 g/mol. The van der Waals surface area contributed by atoms with Crippen molar-refractivity contribution in [2.24, 2.45) is 0 Å². The minimum Gasteiger partial charge on any atom is -0.197 e. The zero-order chi connectivity index (χ0) is 8.10. The second-order valence-electron chi connectivity index (χ2n) is 2.10. The molecule has 1 heteroatoms. The Labute approximate surface area is 66.6 Å². The topological polar surface area (TPSA) is 23.8 Å². The van der Waals surface area contributed by atoms with Crippen molar-refractivity contribution in [1.82, 2.24) is 0 Å². The average Bonchev–Trinajstić information content (AvgIpc) is 2.09. The molecule has 53 valence electrons. The molecule has 0 aliphatic heterocycles. The maximum absolute atomic E-state index is 8.62. The standard InChI is InChI=1S/C10H8N/c1-2-9(8-11)10-6-4-3-5-7-10/h2-7H,1H2. The molecule has 0 saturated carbocycles. The summed E-state index contributed by atoms with van der Waals surface area (Å²) in [6.07, 6.45) is 1.56. The molecule has 1 rings (SSSR count). The largest absolute Gasteiger partial charge is 0.197 e. The van der Waals surface area contributed by atoms with Crippen molar-refractivity contribution in [2.75, 3.05) is 0 Å². The highest BCUT2D eigenvalue weighted by molar-refractivity contribution is 5.44. The lowest BCUT2D eigenvalue weighted by molar-refractivity contribution is 1.35. The first-order valence-corrected chi connectivity index (χ1v) is 3.33. The van der Waals surface area contributed by atoms with Crippen LogP contribution in [0.25, 0.3) is 0 Å². The summed E-state index contributed by atoms with van der Waals surface area (Å²) in [6, 6.07) is 11.6. The number of benzene rings is 1. The fourth-order valence-electron chi connectivity index (χ4n) is 0.846. The van der Waals surface area contributed by atoms with E-state index < -0.39 is 0 Å². The van der Waals surface area contributed by atoms with Gasteiger partial charge in [-0.1, -0.05) is 36.4 Å². The molecule has 1 aromatic carbocycles. The van der Waals surface area contributed by atoms with E-state index in [1.54, 1.807) is 6.08 Å². The van der Waals surface area contributed by atoms with Crippen LogP contribution in [-0.4, -0.2) is 0 Å². The summed E-state index contributed by atoms with van der Waals surface area (Å²) >= 11 is 0. The Hall–Kier alpha value is -1.55. The summed E-state index contributed by atoms with van der Waals surface area (Å²) in [5.41, 5.74) is 0.921. The van der Waals surface area contributed by atoms with Crippen molar-refractivity contribution in [2.45, 2.75) is 0 Å². The van der Waals surface area contributed by atoms with Gasteiger partial charge in [0, 0.05) is 0 Å². The zero-order valence-electron chi connectivity index (χ0n) is 6.12. The van der Waals surface area contributed by atoms with E-state index in [9.17, 15) is 0 Å². The Morgan fingerprint density at radius 1 is 1.36 bits per heavy atom. The molecule has 0 N–H and O–H groups in total. The van der Waals surface area contributed by atoms with E-state index in [1.165, 1.54) is 0 Å². The molecule has 1 radical (unpaired) electrons. The maximum atomic E-state index is 8.62. The Bertz CT molecular complexity index is 269. The van der Waals surface area contributed by atoms with Gasteiger partial charge in [0.1, 0.15) is 5.92 Å². The van der Waals surface area contributed by atoms with Gasteiger partial charge in [-0.05, 0) is 5.56 Å². The Morgan fingerprint density at radius 3 is 2.45 bits per heavy atom. The molecule has 0 bridgehead atoms. The molecule has 0 heterocycles.